The number of nitrogens with one attached hydrogen (secondary N) is 2. The number of carboxylic acid groups (broad SMARTS) is 1. The second-order valence-corrected chi connectivity index (χ2v) is 9.81. The number of amides is 2. The molecule has 1 aromatic carbocycles. The molecule has 2 aliphatic rings. The highest BCUT2D eigenvalue weighted by Crippen LogP contribution is 2.36. The van der Waals surface area contributed by atoms with Gasteiger partial charge in [0.25, 0.3) is 5.91 Å². The number of carbonyl (C=O) groups excluding carboxylic acids is 1. The highest BCUT2D eigenvalue weighted by Gasteiger charge is 2.28. The van der Waals surface area contributed by atoms with Crippen LogP contribution in [0.1, 0.15) is 46.3 Å². The van der Waals surface area contributed by atoms with Gasteiger partial charge in [-0.15, -0.1) is 0 Å². The largest absolute Gasteiger partial charge is 0.465 e. The van der Waals surface area contributed by atoms with Crippen LogP contribution in [0.5, 0.6) is 0 Å². The van der Waals surface area contributed by atoms with Crippen molar-refractivity contribution in [2.24, 2.45) is 0 Å². The predicted octanol–water partition coefficient (Wildman–Crippen LogP) is 3.80. The van der Waals surface area contributed by atoms with E-state index in [-0.39, 0.29) is 18.7 Å². The first-order valence-corrected chi connectivity index (χ1v) is 13.3. The number of aryl methyl sites for hydroxylation is 1. The van der Waals surface area contributed by atoms with Crippen molar-refractivity contribution in [1.29, 1.82) is 0 Å². The van der Waals surface area contributed by atoms with Crippen LogP contribution in [0.25, 0.3) is 11.3 Å². The number of carbonyl (C=O) groups is 2. The molecule has 2 aromatic heterocycles. The highest BCUT2D eigenvalue weighted by atomic mass is 16.7. The number of pyridine rings is 1. The Morgan fingerprint density at radius 2 is 2.05 bits per heavy atom. The lowest BCUT2D eigenvalue weighted by molar-refractivity contribution is -0.163. The van der Waals surface area contributed by atoms with Gasteiger partial charge in [0.1, 0.15) is 0 Å². The molecule has 3 N–H and O–H groups in total. The molecule has 38 heavy (non-hydrogen) atoms. The average Bonchev–Trinajstić information content (AvgIpc) is 3.32. The van der Waals surface area contributed by atoms with Gasteiger partial charge < -0.3 is 29.8 Å². The number of ether oxygens (including phenoxy) is 2. The van der Waals surface area contributed by atoms with E-state index >= 15 is 0 Å². The molecule has 1 saturated heterocycles. The van der Waals surface area contributed by atoms with Crippen molar-refractivity contribution < 1.29 is 24.2 Å². The Kier molecular flexibility index (Phi) is 8.35. The maximum Gasteiger partial charge on any atom is 0.404 e. The molecule has 3 heterocycles. The summed E-state index contributed by atoms with van der Waals surface area (Å²) in [4.78, 5) is 29.1. The van der Waals surface area contributed by atoms with Crippen LogP contribution in [-0.4, -0.2) is 58.7 Å². The number of hydrogen-bond donors (Lipinski definition) is 3. The predicted molar refractivity (Wildman–Crippen MR) is 142 cm³/mol. The molecular weight excluding hydrogens is 484 g/mol. The minimum absolute atomic E-state index is 0.114. The summed E-state index contributed by atoms with van der Waals surface area (Å²) in [6.07, 6.45) is 9.43. The molecule has 0 spiro atoms. The van der Waals surface area contributed by atoms with Crippen molar-refractivity contribution in [3.05, 3.63) is 77.2 Å². The zero-order chi connectivity index (χ0) is 26.3. The van der Waals surface area contributed by atoms with Gasteiger partial charge >= 0.3 is 6.09 Å². The fourth-order valence-electron chi connectivity index (χ4n) is 5.33. The maximum atomic E-state index is 13.6. The summed E-state index contributed by atoms with van der Waals surface area (Å²) in [5.41, 5.74) is 5.91. The number of aromatic nitrogens is 2. The van der Waals surface area contributed by atoms with E-state index in [2.05, 4.69) is 20.2 Å². The third-order valence-electron chi connectivity index (χ3n) is 7.16. The zero-order valence-electron chi connectivity index (χ0n) is 21.4. The smallest absolute Gasteiger partial charge is 0.404 e. The van der Waals surface area contributed by atoms with Gasteiger partial charge in [-0.1, -0.05) is 30.3 Å². The van der Waals surface area contributed by atoms with E-state index in [1.54, 1.807) is 6.20 Å². The van der Waals surface area contributed by atoms with E-state index in [1.165, 1.54) is 0 Å². The molecule has 3 aromatic rings. The fraction of sp³-hybridized carbons (Fsp3) is 0.414. The fourth-order valence-corrected chi connectivity index (χ4v) is 5.33. The second-order valence-electron chi connectivity index (χ2n) is 9.81. The summed E-state index contributed by atoms with van der Waals surface area (Å²) in [6, 6.07) is 11.3. The van der Waals surface area contributed by atoms with E-state index < -0.39 is 12.1 Å². The third-order valence-corrected chi connectivity index (χ3v) is 7.16. The van der Waals surface area contributed by atoms with Crippen molar-refractivity contribution in [3.8, 4) is 11.3 Å². The van der Waals surface area contributed by atoms with Crippen LogP contribution in [0, 0.1) is 0 Å². The minimum atomic E-state index is -1.12. The standard InChI is InChI=1S/C29H34N4O5/c34-28(32-22(18-31-29(35)36)16-20-6-2-1-3-7-20)25-19-33(13-15-38-26-8-4-5-14-37-26)27-23-11-12-30-17-21(23)9-10-24(25)27/h1-3,6-7,11-12,17,19,22,26,31H,4-5,8-10,13-16,18H2,(H,32,34)(H,35,36)/t22-,26?/m0/s1. The molecule has 9 heteroatoms. The molecule has 1 aliphatic carbocycles. The summed E-state index contributed by atoms with van der Waals surface area (Å²) in [5.74, 6) is -0.206. The highest BCUT2D eigenvalue weighted by molar-refractivity contribution is 5.98. The third kappa shape index (κ3) is 6.23. The monoisotopic (exact) mass is 518 g/mol. The minimum Gasteiger partial charge on any atom is -0.465 e. The number of hydrogen-bond acceptors (Lipinski definition) is 5. The molecule has 2 amide bonds. The lowest BCUT2D eigenvalue weighted by Crippen LogP contribution is -2.44. The van der Waals surface area contributed by atoms with Gasteiger partial charge in [-0.05, 0) is 61.3 Å². The first kappa shape index (κ1) is 25.9. The number of benzene rings is 1. The molecule has 0 radical (unpaired) electrons. The molecule has 200 valence electrons. The zero-order valence-corrected chi connectivity index (χ0v) is 21.4. The van der Waals surface area contributed by atoms with Gasteiger partial charge in [-0.2, -0.15) is 0 Å². The van der Waals surface area contributed by atoms with Crippen LogP contribution in [0.3, 0.4) is 0 Å². The Bertz CT molecular complexity index is 1250. The summed E-state index contributed by atoms with van der Waals surface area (Å²) >= 11 is 0. The number of nitrogens with zero attached hydrogens (tertiary/aromatic N) is 2. The van der Waals surface area contributed by atoms with Crippen LogP contribution in [0.15, 0.2) is 55.0 Å². The van der Waals surface area contributed by atoms with Gasteiger partial charge in [0, 0.05) is 43.9 Å². The topological polar surface area (TPSA) is 115 Å². The van der Waals surface area contributed by atoms with Gasteiger partial charge in [-0.3, -0.25) is 9.78 Å². The van der Waals surface area contributed by atoms with E-state index in [0.29, 0.717) is 25.1 Å². The SMILES string of the molecule is O=C(O)NC[C@H](Cc1ccccc1)NC(=O)c1cn(CCOC2CCCCO2)c2c1CCc1cnccc1-2. The van der Waals surface area contributed by atoms with Crippen LogP contribution in [0.4, 0.5) is 4.79 Å². The van der Waals surface area contributed by atoms with Crippen molar-refractivity contribution in [3.63, 3.8) is 0 Å². The second kappa shape index (κ2) is 12.2. The van der Waals surface area contributed by atoms with E-state index in [9.17, 15) is 9.59 Å². The Balaban J connectivity index is 1.38. The molecule has 5 rings (SSSR count). The van der Waals surface area contributed by atoms with Gasteiger partial charge in [0.2, 0.25) is 0 Å². The maximum absolute atomic E-state index is 13.6. The molecule has 2 atom stereocenters. The van der Waals surface area contributed by atoms with Gasteiger partial charge in [-0.25, -0.2) is 4.79 Å². The van der Waals surface area contributed by atoms with Crippen molar-refractivity contribution in [1.82, 2.24) is 20.2 Å². The lowest BCUT2D eigenvalue weighted by Gasteiger charge is -2.23. The van der Waals surface area contributed by atoms with E-state index in [0.717, 1.165) is 66.7 Å². The Morgan fingerprint density at radius 3 is 2.84 bits per heavy atom. The van der Waals surface area contributed by atoms with Crippen LogP contribution in [0.2, 0.25) is 0 Å². The van der Waals surface area contributed by atoms with Crippen molar-refractivity contribution >= 4 is 12.0 Å². The average molecular weight is 519 g/mol. The molecule has 0 bridgehead atoms. The normalized spacial score (nSPS) is 17.2. The molecule has 1 unspecified atom stereocenters. The number of rotatable bonds is 10. The molecular formula is C29H34N4O5. The van der Waals surface area contributed by atoms with E-state index in [1.807, 2.05) is 48.8 Å². The summed E-state index contributed by atoms with van der Waals surface area (Å²) < 4.78 is 13.8. The lowest BCUT2D eigenvalue weighted by atomic mass is 9.89. The van der Waals surface area contributed by atoms with Crippen LogP contribution < -0.4 is 10.6 Å². The Morgan fingerprint density at radius 1 is 1.18 bits per heavy atom. The van der Waals surface area contributed by atoms with Crippen molar-refractivity contribution in [2.45, 2.75) is 57.4 Å². The Hall–Kier alpha value is -3.69. The van der Waals surface area contributed by atoms with Gasteiger partial charge in [0.05, 0.1) is 23.9 Å². The van der Waals surface area contributed by atoms with Crippen molar-refractivity contribution in [2.75, 3.05) is 19.8 Å². The molecule has 9 nitrogen and oxygen atoms in total. The summed E-state index contributed by atoms with van der Waals surface area (Å²) in [7, 11) is 0. The molecule has 1 fully saturated rings. The summed E-state index contributed by atoms with van der Waals surface area (Å²) in [5, 5.41) is 14.7. The first-order chi connectivity index (χ1) is 18.6. The van der Waals surface area contributed by atoms with E-state index in [4.69, 9.17) is 14.6 Å². The number of fused-ring (bicyclic) bond motifs is 3. The summed E-state index contributed by atoms with van der Waals surface area (Å²) in [6.45, 7) is 1.91. The van der Waals surface area contributed by atoms with Crippen LogP contribution in [-0.2, 0) is 35.3 Å². The quantitative estimate of drug-likeness (QED) is 0.376. The first-order valence-electron chi connectivity index (χ1n) is 13.3. The van der Waals surface area contributed by atoms with Crippen LogP contribution >= 0.6 is 0 Å². The molecule has 0 saturated carbocycles. The molecule has 1 aliphatic heterocycles. The Labute approximate surface area is 222 Å². The van der Waals surface area contributed by atoms with Gasteiger partial charge in [0.15, 0.2) is 6.29 Å².